The number of piperazine rings is 1. The molecule has 2 aliphatic rings. The lowest BCUT2D eigenvalue weighted by atomic mass is 9.98. The Bertz CT molecular complexity index is 475. The number of halogens is 1. The Hall–Kier alpha value is -0.580. The minimum absolute atomic E-state index is 0.0758. The van der Waals surface area contributed by atoms with E-state index in [1.165, 1.54) is 43.6 Å². The summed E-state index contributed by atoms with van der Waals surface area (Å²) in [5.74, 6) is 0. The number of rotatable bonds is 2. The van der Waals surface area contributed by atoms with Gasteiger partial charge in [-0.15, -0.1) is 0 Å². The maximum atomic E-state index is 6.16. The topological polar surface area (TPSA) is 32.5 Å². The van der Waals surface area contributed by atoms with Crippen LogP contribution in [-0.2, 0) is 0 Å². The number of anilines is 1. The summed E-state index contributed by atoms with van der Waals surface area (Å²) in [6.07, 6.45) is 4.11. The van der Waals surface area contributed by atoms with Crippen LogP contribution in [0.15, 0.2) is 22.7 Å². The molecule has 0 saturated carbocycles. The van der Waals surface area contributed by atoms with Crippen LogP contribution in [0, 0.1) is 0 Å². The van der Waals surface area contributed by atoms with Gasteiger partial charge in [0, 0.05) is 41.9 Å². The minimum Gasteiger partial charge on any atom is -0.368 e. The van der Waals surface area contributed by atoms with Gasteiger partial charge in [0.25, 0.3) is 0 Å². The van der Waals surface area contributed by atoms with E-state index in [2.05, 4.69) is 50.9 Å². The summed E-state index contributed by atoms with van der Waals surface area (Å²) in [5.41, 5.74) is 8.74. The Morgan fingerprint density at radius 1 is 1.25 bits per heavy atom. The van der Waals surface area contributed by atoms with E-state index in [0.29, 0.717) is 0 Å². The summed E-state index contributed by atoms with van der Waals surface area (Å²) < 4.78 is 1.12. The number of fused-ring (bicyclic) bond motifs is 1. The number of piperidine rings is 1. The van der Waals surface area contributed by atoms with Crippen LogP contribution in [0.1, 0.15) is 37.8 Å². The molecular weight excluding hydrogens is 314 g/mol. The Labute approximate surface area is 130 Å². The van der Waals surface area contributed by atoms with E-state index in [0.717, 1.165) is 23.6 Å². The molecule has 0 radical (unpaired) electrons. The van der Waals surface area contributed by atoms with Gasteiger partial charge >= 0.3 is 0 Å². The van der Waals surface area contributed by atoms with Crippen LogP contribution in [0.4, 0.5) is 5.69 Å². The summed E-state index contributed by atoms with van der Waals surface area (Å²) in [4.78, 5) is 5.21. The number of hydrogen-bond acceptors (Lipinski definition) is 3. The molecule has 2 heterocycles. The third-order valence-corrected chi connectivity index (χ3v) is 5.15. The van der Waals surface area contributed by atoms with Crippen LogP contribution in [-0.4, -0.2) is 37.1 Å². The lowest BCUT2D eigenvalue weighted by molar-refractivity contribution is 0.133. The predicted octanol–water partition coefficient (Wildman–Crippen LogP) is 3.14. The molecule has 0 amide bonds. The van der Waals surface area contributed by atoms with Gasteiger partial charge in [-0.3, -0.25) is 4.90 Å². The highest BCUT2D eigenvalue weighted by Gasteiger charge is 2.29. The van der Waals surface area contributed by atoms with Gasteiger partial charge in [-0.1, -0.05) is 22.4 Å². The molecule has 110 valence electrons. The highest BCUT2D eigenvalue weighted by molar-refractivity contribution is 9.10. The molecule has 2 fully saturated rings. The third-order valence-electron chi connectivity index (χ3n) is 4.66. The van der Waals surface area contributed by atoms with Crippen molar-refractivity contribution >= 4 is 21.6 Å². The largest absolute Gasteiger partial charge is 0.368 e. The van der Waals surface area contributed by atoms with Gasteiger partial charge in [-0.25, -0.2) is 0 Å². The molecule has 1 aromatic carbocycles. The average Bonchev–Trinajstić information content (AvgIpc) is 2.46. The SMILES string of the molecule is CC(N)c1cc(Br)ccc1N1CCN2CCCCC2C1. The van der Waals surface area contributed by atoms with E-state index in [4.69, 9.17) is 5.73 Å². The molecule has 2 saturated heterocycles. The van der Waals surface area contributed by atoms with Gasteiger partial charge in [0.1, 0.15) is 0 Å². The molecule has 2 unspecified atom stereocenters. The zero-order chi connectivity index (χ0) is 14.1. The number of hydrogen-bond donors (Lipinski definition) is 1. The molecule has 0 aliphatic carbocycles. The van der Waals surface area contributed by atoms with Crippen molar-refractivity contribution in [2.45, 2.75) is 38.3 Å². The van der Waals surface area contributed by atoms with Crippen LogP contribution < -0.4 is 10.6 Å². The quantitative estimate of drug-likeness (QED) is 0.899. The molecule has 0 spiro atoms. The van der Waals surface area contributed by atoms with E-state index in [-0.39, 0.29) is 6.04 Å². The molecular formula is C16H24BrN3. The molecule has 3 rings (SSSR count). The first-order chi connectivity index (χ1) is 9.65. The summed E-state index contributed by atoms with van der Waals surface area (Å²) in [5, 5.41) is 0. The van der Waals surface area contributed by atoms with E-state index in [1.54, 1.807) is 0 Å². The highest BCUT2D eigenvalue weighted by Crippen LogP contribution is 2.31. The first-order valence-electron chi connectivity index (χ1n) is 7.69. The van der Waals surface area contributed by atoms with Gasteiger partial charge in [0.05, 0.1) is 0 Å². The van der Waals surface area contributed by atoms with Crippen molar-refractivity contribution in [1.82, 2.24) is 4.90 Å². The van der Waals surface area contributed by atoms with Crippen molar-refractivity contribution in [3.8, 4) is 0 Å². The molecule has 2 N–H and O–H groups in total. The Kier molecular flexibility index (Phi) is 4.34. The lowest BCUT2D eigenvalue weighted by Crippen LogP contribution is -2.55. The second-order valence-electron chi connectivity index (χ2n) is 6.12. The van der Waals surface area contributed by atoms with Crippen molar-refractivity contribution in [3.63, 3.8) is 0 Å². The van der Waals surface area contributed by atoms with Crippen LogP contribution in [0.25, 0.3) is 0 Å². The zero-order valence-electron chi connectivity index (χ0n) is 12.2. The summed E-state index contributed by atoms with van der Waals surface area (Å²) in [6.45, 7) is 6.83. The third kappa shape index (κ3) is 2.87. The molecule has 2 aliphatic heterocycles. The van der Waals surface area contributed by atoms with Gasteiger partial charge in [-0.05, 0) is 50.1 Å². The van der Waals surface area contributed by atoms with E-state index in [1.807, 2.05) is 0 Å². The molecule has 0 bridgehead atoms. The molecule has 0 aromatic heterocycles. The van der Waals surface area contributed by atoms with E-state index >= 15 is 0 Å². The summed E-state index contributed by atoms with van der Waals surface area (Å²) in [7, 11) is 0. The fourth-order valence-corrected chi connectivity index (χ4v) is 3.93. The van der Waals surface area contributed by atoms with Crippen LogP contribution >= 0.6 is 15.9 Å². The fourth-order valence-electron chi connectivity index (χ4n) is 3.55. The second-order valence-corrected chi connectivity index (χ2v) is 7.04. The molecule has 1 aromatic rings. The highest BCUT2D eigenvalue weighted by atomic mass is 79.9. The Morgan fingerprint density at radius 2 is 2.10 bits per heavy atom. The van der Waals surface area contributed by atoms with Gasteiger partial charge in [0.2, 0.25) is 0 Å². The van der Waals surface area contributed by atoms with Crippen LogP contribution in [0.3, 0.4) is 0 Å². The Balaban J connectivity index is 1.82. The standard InChI is InChI=1S/C16H24BrN3/c1-12(18)15-10-13(17)5-6-16(15)20-9-8-19-7-3-2-4-14(19)11-20/h5-6,10,12,14H,2-4,7-9,11,18H2,1H3. The van der Waals surface area contributed by atoms with Crippen molar-refractivity contribution in [3.05, 3.63) is 28.2 Å². The molecule has 4 heteroatoms. The number of benzene rings is 1. The first-order valence-corrected chi connectivity index (χ1v) is 8.48. The van der Waals surface area contributed by atoms with Crippen molar-refractivity contribution in [1.29, 1.82) is 0 Å². The van der Waals surface area contributed by atoms with Crippen LogP contribution in [0.5, 0.6) is 0 Å². The average molecular weight is 338 g/mol. The van der Waals surface area contributed by atoms with Crippen molar-refractivity contribution in [2.24, 2.45) is 5.73 Å². The number of nitrogens with two attached hydrogens (primary N) is 1. The van der Waals surface area contributed by atoms with Gasteiger partial charge < -0.3 is 10.6 Å². The molecule has 20 heavy (non-hydrogen) atoms. The maximum Gasteiger partial charge on any atom is 0.0416 e. The van der Waals surface area contributed by atoms with Gasteiger partial charge in [0.15, 0.2) is 0 Å². The predicted molar refractivity (Wildman–Crippen MR) is 88.2 cm³/mol. The molecule has 2 atom stereocenters. The van der Waals surface area contributed by atoms with Crippen molar-refractivity contribution in [2.75, 3.05) is 31.1 Å². The smallest absolute Gasteiger partial charge is 0.0416 e. The fraction of sp³-hybridized carbons (Fsp3) is 0.625. The molecule has 3 nitrogen and oxygen atoms in total. The lowest BCUT2D eigenvalue weighted by Gasteiger charge is -2.45. The number of nitrogens with zero attached hydrogens (tertiary/aromatic N) is 2. The maximum absolute atomic E-state index is 6.16. The zero-order valence-corrected chi connectivity index (χ0v) is 13.8. The van der Waals surface area contributed by atoms with Crippen LogP contribution in [0.2, 0.25) is 0 Å². The summed E-state index contributed by atoms with van der Waals surface area (Å²) >= 11 is 3.56. The Morgan fingerprint density at radius 3 is 2.90 bits per heavy atom. The summed E-state index contributed by atoms with van der Waals surface area (Å²) in [6, 6.07) is 7.34. The minimum atomic E-state index is 0.0758. The van der Waals surface area contributed by atoms with Crippen molar-refractivity contribution < 1.29 is 0 Å². The monoisotopic (exact) mass is 337 g/mol. The van der Waals surface area contributed by atoms with E-state index < -0.39 is 0 Å². The first kappa shape index (κ1) is 14.4. The second kappa shape index (κ2) is 6.04. The van der Waals surface area contributed by atoms with E-state index in [9.17, 15) is 0 Å². The van der Waals surface area contributed by atoms with Gasteiger partial charge in [-0.2, -0.15) is 0 Å². The normalized spacial score (nSPS) is 25.4.